The molecule has 0 amide bonds. The van der Waals surface area contributed by atoms with Gasteiger partial charge in [0.25, 0.3) is 0 Å². The molecule has 1 rings (SSSR count). The predicted octanol–water partition coefficient (Wildman–Crippen LogP) is 9.84. The fraction of sp³-hybridized carbons (Fsp3) is 0.929. The van der Waals surface area contributed by atoms with E-state index < -0.39 is 0 Å². The minimum Gasteiger partial charge on any atom is -0.356 e. The van der Waals surface area contributed by atoms with Gasteiger partial charge in [-0.3, -0.25) is 0 Å². The van der Waals surface area contributed by atoms with Crippen LogP contribution >= 0.6 is 17.0 Å². The number of unbranched alkanes of at least 4 members (excludes halogenated alkanes) is 18. The van der Waals surface area contributed by atoms with E-state index in [4.69, 9.17) is 0 Å². The normalized spacial score (nSPS) is 15.6. The molecule has 0 aliphatic carbocycles. The standard InChI is InChI=1S/C28H56N2.BrH/c1-4-6-8-10-12-13-14-15-16-17-18-19-21-23-25-30-27-26-29(28(30)3)24-22-20-11-9-7-5-2;/h26-28H,4-25H2,1-3H3;1H. The second-order valence-electron chi connectivity index (χ2n) is 9.77. The Labute approximate surface area is 207 Å². The summed E-state index contributed by atoms with van der Waals surface area (Å²) < 4.78 is 0. The second-order valence-corrected chi connectivity index (χ2v) is 9.77. The Morgan fingerprint density at radius 1 is 0.452 bits per heavy atom. The lowest BCUT2D eigenvalue weighted by atomic mass is 10.0. The van der Waals surface area contributed by atoms with Crippen molar-refractivity contribution < 1.29 is 0 Å². The highest BCUT2D eigenvalue weighted by molar-refractivity contribution is 8.93. The van der Waals surface area contributed by atoms with Crippen LogP contribution < -0.4 is 0 Å². The van der Waals surface area contributed by atoms with Crippen molar-refractivity contribution in [2.24, 2.45) is 0 Å². The summed E-state index contributed by atoms with van der Waals surface area (Å²) in [6.45, 7) is 9.45. The van der Waals surface area contributed by atoms with E-state index in [0.717, 1.165) is 0 Å². The third kappa shape index (κ3) is 17.0. The van der Waals surface area contributed by atoms with Crippen molar-refractivity contribution in [1.82, 2.24) is 9.80 Å². The third-order valence-electron chi connectivity index (χ3n) is 6.95. The van der Waals surface area contributed by atoms with E-state index in [1.807, 2.05) is 0 Å². The van der Waals surface area contributed by atoms with Crippen molar-refractivity contribution in [2.45, 2.75) is 155 Å². The molecule has 0 aromatic carbocycles. The maximum Gasteiger partial charge on any atom is 0.0977 e. The molecule has 0 spiro atoms. The Bertz CT molecular complexity index is 385. The summed E-state index contributed by atoms with van der Waals surface area (Å²) in [4.78, 5) is 5.10. The topological polar surface area (TPSA) is 6.48 Å². The molecule has 3 heteroatoms. The molecule has 31 heavy (non-hydrogen) atoms. The van der Waals surface area contributed by atoms with Gasteiger partial charge >= 0.3 is 0 Å². The molecule has 0 radical (unpaired) electrons. The zero-order valence-electron chi connectivity index (χ0n) is 21.6. The molecule has 1 aliphatic rings. The molecule has 1 atom stereocenters. The summed E-state index contributed by atoms with van der Waals surface area (Å²) in [7, 11) is 0. The predicted molar refractivity (Wildman–Crippen MR) is 146 cm³/mol. The summed E-state index contributed by atoms with van der Waals surface area (Å²) in [6.07, 6.45) is 33.8. The molecular formula is C28H57BrN2. The lowest BCUT2D eigenvalue weighted by molar-refractivity contribution is 0.165. The zero-order valence-corrected chi connectivity index (χ0v) is 23.3. The quantitative estimate of drug-likeness (QED) is 0.136. The van der Waals surface area contributed by atoms with Gasteiger partial charge in [-0.25, -0.2) is 0 Å². The van der Waals surface area contributed by atoms with Crippen LogP contribution in [0.2, 0.25) is 0 Å². The summed E-state index contributed by atoms with van der Waals surface area (Å²) >= 11 is 0. The minimum absolute atomic E-state index is 0. The van der Waals surface area contributed by atoms with Crippen LogP contribution in [0.25, 0.3) is 0 Å². The van der Waals surface area contributed by atoms with Crippen molar-refractivity contribution in [3.8, 4) is 0 Å². The van der Waals surface area contributed by atoms with E-state index in [2.05, 4.69) is 43.0 Å². The summed E-state index contributed by atoms with van der Waals surface area (Å²) in [5.74, 6) is 0. The van der Waals surface area contributed by atoms with Crippen molar-refractivity contribution in [3.63, 3.8) is 0 Å². The van der Waals surface area contributed by atoms with Gasteiger partial charge in [-0.05, 0) is 19.8 Å². The van der Waals surface area contributed by atoms with Crippen LogP contribution in [-0.4, -0.2) is 29.1 Å². The Morgan fingerprint density at radius 2 is 0.710 bits per heavy atom. The highest BCUT2D eigenvalue weighted by atomic mass is 79.9. The number of halogens is 1. The second kappa shape index (κ2) is 23.0. The molecule has 186 valence electrons. The van der Waals surface area contributed by atoms with Crippen LogP contribution in [-0.2, 0) is 0 Å². The number of hydrogen-bond acceptors (Lipinski definition) is 2. The maximum absolute atomic E-state index is 2.55. The van der Waals surface area contributed by atoms with E-state index in [0.29, 0.717) is 6.17 Å². The SMILES string of the molecule is Br.CCCCCCCCCCCCCCCCN1C=CN(CCCCCCCC)C1C. The van der Waals surface area contributed by atoms with Crippen LogP contribution in [0.3, 0.4) is 0 Å². The molecule has 1 heterocycles. The zero-order chi connectivity index (χ0) is 21.7. The largest absolute Gasteiger partial charge is 0.356 e. The van der Waals surface area contributed by atoms with Crippen molar-refractivity contribution in [1.29, 1.82) is 0 Å². The Hall–Kier alpha value is -0.180. The molecule has 0 aromatic rings. The van der Waals surface area contributed by atoms with E-state index >= 15 is 0 Å². The van der Waals surface area contributed by atoms with Crippen molar-refractivity contribution in [3.05, 3.63) is 12.4 Å². The number of nitrogens with zero attached hydrogens (tertiary/aromatic N) is 2. The molecule has 0 N–H and O–H groups in total. The lowest BCUT2D eigenvalue weighted by Crippen LogP contribution is -2.36. The van der Waals surface area contributed by atoms with Gasteiger partial charge in [-0.15, -0.1) is 17.0 Å². The highest BCUT2D eigenvalue weighted by Crippen LogP contribution is 2.18. The summed E-state index contributed by atoms with van der Waals surface area (Å²) in [6, 6.07) is 0. The van der Waals surface area contributed by atoms with Crippen LogP contribution in [0, 0.1) is 0 Å². The smallest absolute Gasteiger partial charge is 0.0977 e. The maximum atomic E-state index is 2.55. The molecule has 0 aromatic heterocycles. The fourth-order valence-corrected chi connectivity index (χ4v) is 4.70. The van der Waals surface area contributed by atoms with Gasteiger partial charge in [0.1, 0.15) is 0 Å². The van der Waals surface area contributed by atoms with Crippen LogP contribution in [0.4, 0.5) is 0 Å². The first-order chi connectivity index (χ1) is 14.8. The molecule has 0 saturated heterocycles. The minimum atomic E-state index is 0. The monoisotopic (exact) mass is 500 g/mol. The van der Waals surface area contributed by atoms with Gasteiger partial charge in [-0.2, -0.15) is 0 Å². The molecule has 1 aliphatic heterocycles. The van der Waals surface area contributed by atoms with Gasteiger partial charge in [0.15, 0.2) is 0 Å². The van der Waals surface area contributed by atoms with E-state index in [-0.39, 0.29) is 17.0 Å². The number of hydrogen-bond donors (Lipinski definition) is 0. The van der Waals surface area contributed by atoms with Crippen molar-refractivity contribution >= 4 is 17.0 Å². The Morgan fingerprint density at radius 3 is 1.00 bits per heavy atom. The van der Waals surface area contributed by atoms with Gasteiger partial charge in [-0.1, -0.05) is 129 Å². The van der Waals surface area contributed by atoms with Crippen LogP contribution in [0.15, 0.2) is 12.4 Å². The molecular weight excluding hydrogens is 444 g/mol. The van der Waals surface area contributed by atoms with Crippen LogP contribution in [0.1, 0.15) is 149 Å². The van der Waals surface area contributed by atoms with Gasteiger partial charge in [0.05, 0.1) is 6.17 Å². The molecule has 1 unspecified atom stereocenters. The molecule has 2 nitrogen and oxygen atoms in total. The average molecular weight is 502 g/mol. The van der Waals surface area contributed by atoms with E-state index in [1.165, 1.54) is 142 Å². The Balaban J connectivity index is 0.00000900. The van der Waals surface area contributed by atoms with E-state index in [1.54, 1.807) is 0 Å². The molecule has 0 saturated carbocycles. The van der Waals surface area contributed by atoms with E-state index in [9.17, 15) is 0 Å². The van der Waals surface area contributed by atoms with Gasteiger partial charge in [0.2, 0.25) is 0 Å². The fourth-order valence-electron chi connectivity index (χ4n) is 4.70. The molecule has 0 fully saturated rings. The molecule has 0 bridgehead atoms. The first kappa shape index (κ1) is 30.8. The lowest BCUT2D eigenvalue weighted by Gasteiger charge is -2.30. The first-order valence-corrected chi connectivity index (χ1v) is 14.0. The van der Waals surface area contributed by atoms with Gasteiger partial charge < -0.3 is 9.80 Å². The summed E-state index contributed by atoms with van der Waals surface area (Å²) in [5.41, 5.74) is 0. The number of rotatable bonds is 22. The highest BCUT2D eigenvalue weighted by Gasteiger charge is 2.20. The van der Waals surface area contributed by atoms with Crippen molar-refractivity contribution in [2.75, 3.05) is 13.1 Å². The summed E-state index contributed by atoms with van der Waals surface area (Å²) in [5, 5.41) is 0. The van der Waals surface area contributed by atoms with Crippen LogP contribution in [0.5, 0.6) is 0 Å². The Kier molecular flexibility index (Phi) is 22.9. The third-order valence-corrected chi connectivity index (χ3v) is 6.95. The average Bonchev–Trinajstić information content (AvgIpc) is 3.10. The first-order valence-electron chi connectivity index (χ1n) is 14.0. The van der Waals surface area contributed by atoms with Gasteiger partial charge in [0, 0.05) is 25.5 Å².